The fraction of sp³-hybridized carbons (Fsp3) is 0.562. The number of piperidine rings is 1. The maximum atomic E-state index is 11.4. The highest BCUT2D eigenvalue weighted by atomic mass is 127. The number of aliphatic imine (C=N–C) groups is 1. The highest BCUT2D eigenvalue weighted by molar-refractivity contribution is 14.0. The van der Waals surface area contributed by atoms with Gasteiger partial charge in [0.15, 0.2) is 15.8 Å². The molecular weight excluding hydrogens is 441 g/mol. The quantitative estimate of drug-likeness (QED) is 0.311. The average Bonchev–Trinajstić information content (AvgIpc) is 2.51. The lowest BCUT2D eigenvalue weighted by Crippen LogP contribution is -2.42. The van der Waals surface area contributed by atoms with E-state index in [1.165, 1.54) is 18.4 Å². The number of sulfone groups is 1. The highest BCUT2D eigenvalue weighted by Gasteiger charge is 2.16. The van der Waals surface area contributed by atoms with E-state index in [9.17, 15) is 8.42 Å². The van der Waals surface area contributed by atoms with Crippen molar-refractivity contribution in [3.05, 3.63) is 24.3 Å². The van der Waals surface area contributed by atoms with Crippen LogP contribution < -0.4 is 10.5 Å². The molecule has 0 bridgehead atoms. The van der Waals surface area contributed by atoms with Gasteiger partial charge in [0.1, 0.15) is 12.4 Å². The van der Waals surface area contributed by atoms with Gasteiger partial charge in [-0.05, 0) is 43.0 Å². The zero-order valence-corrected chi connectivity index (χ0v) is 17.3. The lowest BCUT2D eigenvalue weighted by molar-refractivity contribution is 0.276. The molecule has 0 radical (unpaired) electrons. The molecule has 1 fully saturated rings. The van der Waals surface area contributed by atoms with Crippen LogP contribution in [0, 0.1) is 5.92 Å². The van der Waals surface area contributed by atoms with Crippen LogP contribution >= 0.6 is 24.0 Å². The summed E-state index contributed by atoms with van der Waals surface area (Å²) in [5, 5.41) is 0. The lowest BCUT2D eigenvalue weighted by atomic mass is 10.00. The molecule has 1 aliphatic heterocycles. The summed E-state index contributed by atoms with van der Waals surface area (Å²) >= 11 is 0. The van der Waals surface area contributed by atoms with Gasteiger partial charge in [-0.25, -0.2) is 13.4 Å². The number of hydrogen-bond acceptors (Lipinski definition) is 4. The Kier molecular flexibility index (Phi) is 8.28. The molecule has 24 heavy (non-hydrogen) atoms. The van der Waals surface area contributed by atoms with E-state index in [1.807, 2.05) is 0 Å². The first-order valence-electron chi connectivity index (χ1n) is 7.84. The summed E-state index contributed by atoms with van der Waals surface area (Å²) in [6, 6.07) is 6.37. The first-order valence-corrected chi connectivity index (χ1v) is 9.73. The zero-order valence-electron chi connectivity index (χ0n) is 14.1. The maximum absolute atomic E-state index is 11.4. The van der Waals surface area contributed by atoms with Gasteiger partial charge in [-0.2, -0.15) is 0 Å². The number of hydrogen-bond donors (Lipinski definition) is 1. The number of halogens is 1. The molecule has 0 unspecified atom stereocenters. The van der Waals surface area contributed by atoms with E-state index in [0.717, 1.165) is 31.8 Å². The van der Waals surface area contributed by atoms with E-state index < -0.39 is 9.84 Å². The van der Waals surface area contributed by atoms with Crippen molar-refractivity contribution in [3.8, 4) is 5.75 Å². The minimum atomic E-state index is -3.17. The van der Waals surface area contributed by atoms with Crippen molar-refractivity contribution in [2.75, 3.05) is 32.5 Å². The molecule has 0 saturated carbocycles. The van der Waals surface area contributed by atoms with Crippen LogP contribution in [0.15, 0.2) is 34.2 Å². The Morgan fingerprint density at radius 1 is 1.29 bits per heavy atom. The summed E-state index contributed by atoms with van der Waals surface area (Å²) in [7, 11) is -3.17. The molecule has 136 valence electrons. The number of guanidine groups is 1. The van der Waals surface area contributed by atoms with E-state index in [4.69, 9.17) is 10.5 Å². The third-order valence-corrected chi connectivity index (χ3v) is 5.12. The van der Waals surface area contributed by atoms with Crippen LogP contribution in [0.3, 0.4) is 0 Å². The molecule has 0 spiro atoms. The largest absolute Gasteiger partial charge is 0.492 e. The second-order valence-electron chi connectivity index (χ2n) is 6.00. The van der Waals surface area contributed by atoms with Crippen LogP contribution in [0.5, 0.6) is 5.75 Å². The van der Waals surface area contributed by atoms with Gasteiger partial charge in [0.05, 0.1) is 11.4 Å². The topological polar surface area (TPSA) is 85.0 Å². The number of benzene rings is 1. The smallest absolute Gasteiger partial charge is 0.191 e. The Balaban J connectivity index is 0.00000288. The molecule has 2 rings (SSSR count). The molecule has 1 aromatic rings. The van der Waals surface area contributed by atoms with Crippen LogP contribution in [0.25, 0.3) is 0 Å². The Bertz CT molecular complexity index is 639. The van der Waals surface area contributed by atoms with Gasteiger partial charge in [0.2, 0.25) is 0 Å². The van der Waals surface area contributed by atoms with Crippen LogP contribution in [0.2, 0.25) is 0 Å². The van der Waals surface area contributed by atoms with E-state index in [2.05, 4.69) is 16.8 Å². The van der Waals surface area contributed by atoms with Crippen molar-refractivity contribution in [3.63, 3.8) is 0 Å². The van der Waals surface area contributed by atoms with Gasteiger partial charge in [0, 0.05) is 19.3 Å². The SMILES string of the molecule is CC1CCN(C(N)=NCCOc2ccc(S(C)(=O)=O)cc2)CC1.I. The zero-order chi connectivity index (χ0) is 16.9. The molecular formula is C16H26IN3O3S. The third-order valence-electron chi connectivity index (χ3n) is 3.99. The second-order valence-corrected chi connectivity index (χ2v) is 8.02. The van der Waals surface area contributed by atoms with Crippen LogP contribution in [0.1, 0.15) is 19.8 Å². The van der Waals surface area contributed by atoms with Crippen LogP contribution in [-0.4, -0.2) is 51.8 Å². The van der Waals surface area contributed by atoms with E-state index in [0.29, 0.717) is 24.9 Å². The van der Waals surface area contributed by atoms with Gasteiger partial charge in [0.25, 0.3) is 0 Å². The summed E-state index contributed by atoms with van der Waals surface area (Å²) in [5.74, 6) is 1.96. The van der Waals surface area contributed by atoms with Gasteiger partial charge >= 0.3 is 0 Å². The molecule has 0 amide bonds. The molecule has 1 saturated heterocycles. The highest BCUT2D eigenvalue weighted by Crippen LogP contribution is 2.16. The molecule has 8 heteroatoms. The van der Waals surface area contributed by atoms with E-state index in [-0.39, 0.29) is 28.9 Å². The summed E-state index contributed by atoms with van der Waals surface area (Å²) in [6.45, 7) is 5.07. The number of likely N-dealkylation sites (tertiary alicyclic amines) is 1. The number of rotatable bonds is 5. The van der Waals surface area contributed by atoms with E-state index >= 15 is 0 Å². The Hall–Kier alpha value is -1.03. The molecule has 1 aliphatic rings. The maximum Gasteiger partial charge on any atom is 0.191 e. The second kappa shape index (κ2) is 9.45. The van der Waals surface area contributed by atoms with Crippen molar-refractivity contribution in [1.82, 2.24) is 4.90 Å². The van der Waals surface area contributed by atoms with Crippen LogP contribution in [0.4, 0.5) is 0 Å². The monoisotopic (exact) mass is 467 g/mol. The normalized spacial score (nSPS) is 16.6. The third kappa shape index (κ3) is 6.46. The summed E-state index contributed by atoms with van der Waals surface area (Å²) < 4.78 is 28.3. The molecule has 6 nitrogen and oxygen atoms in total. The average molecular weight is 467 g/mol. The fourth-order valence-electron chi connectivity index (χ4n) is 2.44. The van der Waals surface area contributed by atoms with Gasteiger partial charge in [-0.3, -0.25) is 0 Å². The van der Waals surface area contributed by atoms with Gasteiger partial charge in [-0.1, -0.05) is 6.92 Å². The molecule has 1 aromatic carbocycles. The Labute approximate surface area is 161 Å². The van der Waals surface area contributed by atoms with Gasteiger partial charge in [-0.15, -0.1) is 24.0 Å². The molecule has 0 aromatic heterocycles. The first-order chi connectivity index (χ1) is 10.9. The molecule has 2 N–H and O–H groups in total. The van der Waals surface area contributed by atoms with Crippen molar-refractivity contribution in [1.29, 1.82) is 0 Å². The van der Waals surface area contributed by atoms with Gasteiger partial charge < -0.3 is 15.4 Å². The standard InChI is InChI=1S/C16H25N3O3S.HI/c1-13-7-10-19(11-8-13)16(17)18-9-12-22-14-3-5-15(6-4-14)23(2,20)21;/h3-6,13H,7-12H2,1-2H3,(H2,17,18);1H. The van der Waals surface area contributed by atoms with Crippen molar-refractivity contribution < 1.29 is 13.2 Å². The lowest BCUT2D eigenvalue weighted by Gasteiger charge is -2.31. The fourth-order valence-corrected chi connectivity index (χ4v) is 3.07. The van der Waals surface area contributed by atoms with Crippen LogP contribution in [-0.2, 0) is 9.84 Å². The summed E-state index contributed by atoms with van der Waals surface area (Å²) in [5.41, 5.74) is 5.99. The first kappa shape index (κ1) is 21.0. The predicted molar refractivity (Wildman–Crippen MR) is 107 cm³/mol. The predicted octanol–water partition coefficient (Wildman–Crippen LogP) is 2.13. The number of nitrogens with two attached hydrogens (primary N) is 1. The van der Waals surface area contributed by atoms with Crippen molar-refractivity contribution in [2.45, 2.75) is 24.7 Å². The minimum Gasteiger partial charge on any atom is -0.492 e. The minimum absolute atomic E-state index is 0. The number of nitrogens with zero attached hydrogens (tertiary/aromatic N) is 2. The Morgan fingerprint density at radius 2 is 1.88 bits per heavy atom. The Morgan fingerprint density at radius 3 is 2.42 bits per heavy atom. The summed E-state index contributed by atoms with van der Waals surface area (Å²) in [4.78, 5) is 6.74. The van der Waals surface area contributed by atoms with E-state index in [1.54, 1.807) is 12.1 Å². The van der Waals surface area contributed by atoms with Crippen molar-refractivity contribution in [2.24, 2.45) is 16.6 Å². The summed E-state index contributed by atoms with van der Waals surface area (Å²) in [6.07, 6.45) is 3.49. The van der Waals surface area contributed by atoms with Crippen molar-refractivity contribution >= 4 is 39.8 Å². The molecule has 1 heterocycles. The molecule has 0 atom stereocenters. The molecule has 0 aliphatic carbocycles. The number of ether oxygens (including phenoxy) is 1.